The summed E-state index contributed by atoms with van der Waals surface area (Å²) in [7, 11) is 0. The number of unbranched alkanes of at least 4 members (excludes halogenated alkanes) is 1. The van der Waals surface area contributed by atoms with Gasteiger partial charge in [0.1, 0.15) is 12.6 Å². The standard InChI is InChI=1S/C22H23ClN6O/c1-2-3-13-24-21(30)15-28-19(16-7-5-4-6-8-16)14-20(29-22(28)25-26-27-29)17-9-11-18(23)12-10-17/h4-12,14,20H,2-3,13,15H2,1H3,(H,24,30)/t20-/m1/s1. The molecule has 1 atom stereocenters. The van der Waals surface area contributed by atoms with Crippen molar-refractivity contribution in [2.45, 2.75) is 25.8 Å². The number of amides is 1. The molecular weight excluding hydrogens is 400 g/mol. The lowest BCUT2D eigenvalue weighted by molar-refractivity contribution is -0.119. The van der Waals surface area contributed by atoms with Crippen molar-refractivity contribution in [3.63, 3.8) is 0 Å². The van der Waals surface area contributed by atoms with Crippen molar-refractivity contribution in [3.05, 3.63) is 76.8 Å². The van der Waals surface area contributed by atoms with Crippen LogP contribution < -0.4 is 10.2 Å². The number of rotatable bonds is 7. The fourth-order valence-electron chi connectivity index (χ4n) is 3.48. The van der Waals surface area contributed by atoms with Crippen LogP contribution in [0, 0.1) is 0 Å². The SMILES string of the molecule is CCCCNC(=O)CN1C(c2ccccc2)=C[C@H](c2ccc(Cl)cc2)n2nnnc21. The van der Waals surface area contributed by atoms with Gasteiger partial charge in [0.15, 0.2) is 0 Å². The van der Waals surface area contributed by atoms with Gasteiger partial charge in [-0.15, -0.1) is 0 Å². The van der Waals surface area contributed by atoms with Gasteiger partial charge >= 0.3 is 0 Å². The summed E-state index contributed by atoms with van der Waals surface area (Å²) in [6.45, 7) is 2.89. The number of anilines is 1. The van der Waals surface area contributed by atoms with Crippen molar-refractivity contribution in [2.75, 3.05) is 18.0 Å². The molecule has 0 unspecified atom stereocenters. The van der Waals surface area contributed by atoms with Crippen molar-refractivity contribution in [1.82, 2.24) is 25.5 Å². The quantitative estimate of drug-likeness (QED) is 0.587. The van der Waals surface area contributed by atoms with E-state index in [0.717, 1.165) is 29.7 Å². The maximum absolute atomic E-state index is 12.6. The predicted octanol–water partition coefficient (Wildman–Crippen LogP) is 3.69. The van der Waals surface area contributed by atoms with Gasteiger partial charge in [0.2, 0.25) is 5.91 Å². The summed E-state index contributed by atoms with van der Waals surface area (Å²) < 4.78 is 1.73. The molecule has 0 radical (unpaired) electrons. The monoisotopic (exact) mass is 422 g/mol. The van der Waals surface area contributed by atoms with E-state index in [1.807, 2.05) is 59.5 Å². The minimum Gasteiger partial charge on any atom is -0.355 e. The molecule has 1 amide bonds. The van der Waals surface area contributed by atoms with E-state index in [4.69, 9.17) is 11.6 Å². The van der Waals surface area contributed by atoms with Gasteiger partial charge in [-0.05, 0) is 46.2 Å². The second-order valence-electron chi connectivity index (χ2n) is 7.13. The number of nitrogens with zero attached hydrogens (tertiary/aromatic N) is 5. The van der Waals surface area contributed by atoms with E-state index in [2.05, 4.69) is 33.8 Å². The smallest absolute Gasteiger partial charge is 0.251 e. The van der Waals surface area contributed by atoms with Gasteiger partial charge < -0.3 is 5.32 Å². The van der Waals surface area contributed by atoms with E-state index in [0.29, 0.717) is 17.5 Å². The number of hydrogen-bond donors (Lipinski definition) is 1. The predicted molar refractivity (Wildman–Crippen MR) is 117 cm³/mol. The van der Waals surface area contributed by atoms with E-state index in [1.165, 1.54) is 0 Å². The Labute approximate surface area is 180 Å². The van der Waals surface area contributed by atoms with Gasteiger partial charge in [0, 0.05) is 11.6 Å². The minimum absolute atomic E-state index is 0.0650. The highest BCUT2D eigenvalue weighted by Gasteiger charge is 2.31. The first-order chi connectivity index (χ1) is 14.7. The molecule has 7 nitrogen and oxygen atoms in total. The van der Waals surface area contributed by atoms with Crippen LogP contribution in [0.4, 0.5) is 5.95 Å². The van der Waals surface area contributed by atoms with Gasteiger partial charge in [0.05, 0.1) is 5.70 Å². The number of nitrogens with one attached hydrogen (secondary N) is 1. The number of allylic oxidation sites excluding steroid dienone is 1. The van der Waals surface area contributed by atoms with Crippen LogP contribution in [0.5, 0.6) is 0 Å². The van der Waals surface area contributed by atoms with Gasteiger partial charge in [-0.25, -0.2) is 0 Å². The van der Waals surface area contributed by atoms with Crippen LogP contribution in [-0.4, -0.2) is 39.2 Å². The number of carbonyl (C=O) groups excluding carboxylic acids is 1. The van der Waals surface area contributed by atoms with Crippen molar-refractivity contribution in [1.29, 1.82) is 0 Å². The minimum atomic E-state index is -0.207. The van der Waals surface area contributed by atoms with Crippen molar-refractivity contribution in [2.24, 2.45) is 0 Å². The molecule has 154 valence electrons. The molecule has 1 aromatic heterocycles. The Morgan fingerprint density at radius 1 is 1.13 bits per heavy atom. The van der Waals surface area contributed by atoms with Crippen LogP contribution in [0.15, 0.2) is 60.7 Å². The molecule has 0 saturated carbocycles. The average molecular weight is 423 g/mol. The molecular formula is C22H23ClN6O. The number of benzene rings is 2. The zero-order valence-electron chi connectivity index (χ0n) is 16.7. The van der Waals surface area contributed by atoms with Gasteiger partial charge in [-0.3, -0.25) is 9.69 Å². The van der Waals surface area contributed by atoms with Crippen molar-refractivity contribution >= 4 is 29.2 Å². The maximum atomic E-state index is 12.6. The molecule has 0 bridgehead atoms. The van der Waals surface area contributed by atoms with E-state index >= 15 is 0 Å². The Balaban J connectivity index is 1.73. The summed E-state index contributed by atoms with van der Waals surface area (Å²) in [6, 6.07) is 17.4. The summed E-state index contributed by atoms with van der Waals surface area (Å²) in [5.41, 5.74) is 2.89. The number of carbonyl (C=O) groups is 1. The third-order valence-corrected chi connectivity index (χ3v) is 5.27. The highest BCUT2D eigenvalue weighted by atomic mass is 35.5. The third-order valence-electron chi connectivity index (χ3n) is 5.02. The number of halogens is 1. The molecule has 2 heterocycles. The van der Waals surface area contributed by atoms with E-state index in [-0.39, 0.29) is 18.5 Å². The summed E-state index contributed by atoms with van der Waals surface area (Å²) in [5.74, 6) is 0.465. The number of hydrogen-bond acceptors (Lipinski definition) is 5. The van der Waals surface area contributed by atoms with Crippen LogP contribution in [0.25, 0.3) is 5.70 Å². The van der Waals surface area contributed by atoms with E-state index in [1.54, 1.807) is 4.68 Å². The lowest BCUT2D eigenvalue weighted by Crippen LogP contribution is -2.40. The average Bonchev–Trinajstić information content (AvgIpc) is 3.26. The topological polar surface area (TPSA) is 75.9 Å². The summed E-state index contributed by atoms with van der Waals surface area (Å²) in [6.07, 6.45) is 4.06. The fraction of sp³-hybridized carbons (Fsp3) is 0.273. The Kier molecular flexibility index (Phi) is 6.09. The number of fused-ring (bicyclic) bond motifs is 1. The van der Waals surface area contributed by atoms with Crippen molar-refractivity contribution < 1.29 is 4.79 Å². The fourth-order valence-corrected chi connectivity index (χ4v) is 3.61. The third kappa shape index (κ3) is 4.21. The Bertz CT molecular complexity index is 1030. The van der Waals surface area contributed by atoms with Crippen LogP contribution in [0.3, 0.4) is 0 Å². The first-order valence-electron chi connectivity index (χ1n) is 10.0. The lowest BCUT2D eigenvalue weighted by Gasteiger charge is -2.32. The number of aromatic nitrogens is 4. The van der Waals surface area contributed by atoms with Crippen LogP contribution in [-0.2, 0) is 4.79 Å². The van der Waals surface area contributed by atoms with Crippen LogP contribution in [0.2, 0.25) is 5.02 Å². The molecule has 1 aliphatic heterocycles. The molecule has 0 saturated heterocycles. The zero-order valence-corrected chi connectivity index (χ0v) is 17.5. The lowest BCUT2D eigenvalue weighted by atomic mass is 10.0. The largest absolute Gasteiger partial charge is 0.355 e. The summed E-state index contributed by atoms with van der Waals surface area (Å²) in [4.78, 5) is 14.5. The van der Waals surface area contributed by atoms with E-state index in [9.17, 15) is 4.79 Å². The highest BCUT2D eigenvalue weighted by molar-refractivity contribution is 6.30. The summed E-state index contributed by atoms with van der Waals surface area (Å²) >= 11 is 6.07. The molecule has 8 heteroatoms. The van der Waals surface area contributed by atoms with Gasteiger partial charge in [-0.2, -0.15) is 4.68 Å². The van der Waals surface area contributed by atoms with Crippen molar-refractivity contribution in [3.8, 4) is 0 Å². The molecule has 3 aromatic rings. The zero-order chi connectivity index (χ0) is 20.9. The van der Waals surface area contributed by atoms with Crippen LogP contribution in [0.1, 0.15) is 36.9 Å². The molecule has 1 aliphatic rings. The first-order valence-corrected chi connectivity index (χ1v) is 10.4. The number of tetrazole rings is 1. The molecule has 2 aromatic carbocycles. The molecule has 4 rings (SSSR count). The first kappa shape index (κ1) is 20.1. The Morgan fingerprint density at radius 3 is 2.63 bits per heavy atom. The highest BCUT2D eigenvalue weighted by Crippen LogP contribution is 2.36. The normalized spacial score (nSPS) is 15.5. The second kappa shape index (κ2) is 9.09. The Morgan fingerprint density at radius 2 is 1.90 bits per heavy atom. The molecule has 1 N–H and O–H groups in total. The molecule has 0 fully saturated rings. The molecule has 0 aliphatic carbocycles. The van der Waals surface area contributed by atoms with E-state index < -0.39 is 0 Å². The summed E-state index contributed by atoms with van der Waals surface area (Å²) in [5, 5.41) is 16.0. The maximum Gasteiger partial charge on any atom is 0.251 e. The van der Waals surface area contributed by atoms with Gasteiger partial charge in [0.25, 0.3) is 5.95 Å². The Hall–Kier alpha value is -3.19. The molecule has 30 heavy (non-hydrogen) atoms. The van der Waals surface area contributed by atoms with Crippen LogP contribution >= 0.6 is 11.6 Å². The van der Waals surface area contributed by atoms with Gasteiger partial charge in [-0.1, -0.05) is 72.5 Å². The second-order valence-corrected chi connectivity index (χ2v) is 7.56. The molecule has 0 spiro atoms.